The van der Waals surface area contributed by atoms with Crippen LogP contribution < -0.4 is 11.1 Å². The minimum atomic E-state index is -0.910. The van der Waals surface area contributed by atoms with Crippen LogP contribution in [-0.2, 0) is 25.7 Å². The van der Waals surface area contributed by atoms with Crippen LogP contribution in [0.4, 0.5) is 10.8 Å². The van der Waals surface area contributed by atoms with Gasteiger partial charge in [0.05, 0.1) is 21.5 Å². The third-order valence-electron chi connectivity index (χ3n) is 5.28. The van der Waals surface area contributed by atoms with Gasteiger partial charge in [-0.2, -0.15) is 0 Å². The summed E-state index contributed by atoms with van der Waals surface area (Å²) in [4.78, 5) is 49.6. The van der Waals surface area contributed by atoms with Crippen molar-refractivity contribution < 1.29 is 19.1 Å². The topological polar surface area (TPSA) is 131 Å². The molecule has 10 nitrogen and oxygen atoms in total. The fourth-order valence-electron chi connectivity index (χ4n) is 3.68. The molecule has 1 fully saturated rings. The van der Waals surface area contributed by atoms with E-state index in [-0.39, 0.29) is 25.6 Å². The molecular weight excluding hydrogens is 468 g/mol. The highest BCUT2D eigenvalue weighted by Crippen LogP contribution is 2.26. The molecule has 0 spiro atoms. The van der Waals surface area contributed by atoms with Crippen LogP contribution in [0.15, 0.2) is 36.7 Å². The smallest absolute Gasteiger partial charge is 0.314 e. The van der Waals surface area contributed by atoms with Gasteiger partial charge in [-0.1, -0.05) is 17.7 Å². The quantitative estimate of drug-likeness (QED) is 0.523. The van der Waals surface area contributed by atoms with Crippen LogP contribution in [0.2, 0.25) is 4.34 Å². The Bertz CT molecular complexity index is 1220. The van der Waals surface area contributed by atoms with Crippen molar-refractivity contribution in [3.8, 4) is 0 Å². The van der Waals surface area contributed by atoms with Gasteiger partial charge < -0.3 is 25.6 Å². The van der Waals surface area contributed by atoms with Crippen molar-refractivity contribution in [2.45, 2.75) is 12.6 Å². The number of anilines is 2. The molecule has 1 atom stereocenters. The predicted octanol–water partition coefficient (Wildman–Crippen LogP) is 1.75. The van der Waals surface area contributed by atoms with Gasteiger partial charge in [0.25, 0.3) is 0 Å². The highest BCUT2D eigenvalue weighted by atomic mass is 35.5. The number of benzene rings is 1. The first-order valence-electron chi connectivity index (χ1n) is 10.0. The number of halogens is 1. The van der Waals surface area contributed by atoms with E-state index < -0.39 is 17.9 Å². The molecular formula is C21H21ClN6O4S. The Kier molecular flexibility index (Phi) is 6.72. The fraction of sp³-hybridized carbons (Fsp3) is 0.286. The Morgan fingerprint density at radius 2 is 2.09 bits per heavy atom. The fourth-order valence-corrected chi connectivity index (χ4v) is 4.62. The monoisotopic (exact) mass is 488 g/mol. The zero-order valence-electron chi connectivity index (χ0n) is 17.7. The summed E-state index contributed by atoms with van der Waals surface area (Å²) in [5.41, 5.74) is 7.42. The highest BCUT2D eigenvalue weighted by molar-refractivity contribution is 7.20. The van der Waals surface area contributed by atoms with Crippen molar-refractivity contribution in [3.63, 3.8) is 0 Å². The summed E-state index contributed by atoms with van der Waals surface area (Å²) in [5.74, 6) is -1.54. The number of nitrogens with two attached hydrogens (primary N) is 1. The minimum absolute atomic E-state index is 0.0271. The van der Waals surface area contributed by atoms with E-state index in [1.807, 2.05) is 18.2 Å². The molecule has 3 amide bonds. The van der Waals surface area contributed by atoms with E-state index >= 15 is 0 Å². The number of hydrogen-bond acceptors (Lipinski definition) is 8. The van der Waals surface area contributed by atoms with Gasteiger partial charge in [-0.05, 0) is 29.8 Å². The summed E-state index contributed by atoms with van der Waals surface area (Å²) in [6, 6.07) is 7.84. The number of carbonyl (C=O) groups is 3. The second kappa shape index (κ2) is 9.69. The van der Waals surface area contributed by atoms with E-state index in [0.29, 0.717) is 27.2 Å². The van der Waals surface area contributed by atoms with E-state index in [4.69, 9.17) is 22.1 Å². The second-order valence-electron chi connectivity index (χ2n) is 7.40. The van der Waals surface area contributed by atoms with Crippen molar-refractivity contribution in [2.24, 2.45) is 0 Å². The van der Waals surface area contributed by atoms with Crippen LogP contribution >= 0.6 is 22.9 Å². The van der Waals surface area contributed by atoms with E-state index in [9.17, 15) is 14.4 Å². The predicted molar refractivity (Wildman–Crippen MR) is 125 cm³/mol. The molecule has 172 valence electrons. The van der Waals surface area contributed by atoms with Crippen molar-refractivity contribution in [2.75, 3.05) is 37.9 Å². The molecule has 1 aliphatic heterocycles. The number of ether oxygens (including phenoxy) is 1. The van der Waals surface area contributed by atoms with Crippen LogP contribution in [0.1, 0.15) is 5.56 Å². The normalized spacial score (nSPS) is 16.3. The number of carbonyl (C=O) groups excluding carboxylic acids is 3. The van der Waals surface area contributed by atoms with Crippen molar-refractivity contribution in [1.29, 1.82) is 0 Å². The number of amides is 3. The van der Waals surface area contributed by atoms with Gasteiger partial charge in [0.1, 0.15) is 18.2 Å². The number of rotatable bonds is 5. The van der Waals surface area contributed by atoms with Gasteiger partial charge in [0.15, 0.2) is 0 Å². The van der Waals surface area contributed by atoms with Gasteiger partial charge in [0, 0.05) is 32.1 Å². The summed E-state index contributed by atoms with van der Waals surface area (Å²) in [6.07, 6.45) is 1.39. The lowest BCUT2D eigenvalue weighted by Crippen LogP contribution is -2.61. The van der Waals surface area contributed by atoms with Gasteiger partial charge in [0.2, 0.25) is 5.91 Å². The summed E-state index contributed by atoms with van der Waals surface area (Å²) in [5, 5.41) is 3.71. The third-order valence-corrected chi connectivity index (χ3v) is 6.43. The number of nitrogens with one attached hydrogen (secondary N) is 1. The molecule has 3 aromatic rings. The van der Waals surface area contributed by atoms with Crippen LogP contribution in [0.5, 0.6) is 0 Å². The molecule has 12 heteroatoms. The number of fused-ring (bicyclic) bond motifs is 1. The van der Waals surface area contributed by atoms with E-state index in [2.05, 4.69) is 15.3 Å². The molecule has 0 aliphatic carbocycles. The Balaban J connectivity index is 1.48. The Morgan fingerprint density at radius 3 is 2.82 bits per heavy atom. The van der Waals surface area contributed by atoms with Crippen LogP contribution in [0, 0.1) is 0 Å². The van der Waals surface area contributed by atoms with Crippen LogP contribution in [-0.4, -0.2) is 70.3 Å². The van der Waals surface area contributed by atoms with Gasteiger partial charge >= 0.3 is 11.8 Å². The molecule has 3 heterocycles. The zero-order valence-corrected chi connectivity index (χ0v) is 19.2. The maximum Gasteiger partial charge on any atom is 0.314 e. The maximum absolute atomic E-state index is 13.2. The largest absolute Gasteiger partial charge is 0.383 e. The Morgan fingerprint density at radius 1 is 1.27 bits per heavy atom. The molecule has 0 bridgehead atoms. The maximum atomic E-state index is 13.2. The summed E-state index contributed by atoms with van der Waals surface area (Å²) < 4.78 is 5.67. The van der Waals surface area contributed by atoms with E-state index in [1.54, 1.807) is 17.0 Å². The molecule has 0 radical (unpaired) electrons. The van der Waals surface area contributed by atoms with Gasteiger partial charge in [-0.15, -0.1) is 11.3 Å². The number of nitrogen functional groups attached to an aromatic ring is 1. The van der Waals surface area contributed by atoms with Gasteiger partial charge in [-0.25, -0.2) is 9.97 Å². The zero-order chi connectivity index (χ0) is 23.5. The van der Waals surface area contributed by atoms with Crippen LogP contribution in [0.3, 0.4) is 0 Å². The van der Waals surface area contributed by atoms with E-state index in [1.165, 1.54) is 18.3 Å². The second-order valence-corrected chi connectivity index (χ2v) is 9.11. The lowest BCUT2D eigenvalue weighted by atomic mass is 10.1. The minimum Gasteiger partial charge on any atom is -0.383 e. The van der Waals surface area contributed by atoms with Crippen LogP contribution in [0.25, 0.3) is 10.9 Å². The number of methoxy groups -OCH3 is 1. The molecule has 1 saturated heterocycles. The molecule has 33 heavy (non-hydrogen) atoms. The Hall–Kier alpha value is -3.28. The highest BCUT2D eigenvalue weighted by Gasteiger charge is 2.39. The third kappa shape index (κ3) is 4.90. The average Bonchev–Trinajstić information content (AvgIpc) is 3.20. The van der Waals surface area contributed by atoms with Gasteiger partial charge in [-0.3, -0.25) is 14.4 Å². The molecule has 3 N–H and O–H groups in total. The SMILES string of the molecule is COC[C@H]1C(=O)N(Cc2ccc3c(N)ncnc3c2)CCN1C(=O)C(=O)Nc1ccc(Cl)s1. The number of nitrogens with zero attached hydrogens (tertiary/aromatic N) is 4. The number of thiophene rings is 1. The molecule has 2 aromatic heterocycles. The molecule has 0 unspecified atom stereocenters. The summed E-state index contributed by atoms with van der Waals surface area (Å²) in [6.45, 7) is 0.758. The standard InChI is InChI=1S/C21H21ClN6O4S/c1-32-10-15-20(30)27(9-12-2-3-13-14(8-12)24-11-25-18(13)23)6-7-28(15)21(31)19(29)26-17-5-4-16(22)33-17/h2-5,8,11,15H,6-7,9-10H2,1H3,(H,26,29)(H2,23,24,25)/t15-/m0/s1. The molecule has 0 saturated carbocycles. The summed E-state index contributed by atoms with van der Waals surface area (Å²) >= 11 is 7.01. The number of piperazine rings is 1. The molecule has 1 aromatic carbocycles. The first-order chi connectivity index (χ1) is 15.9. The first kappa shape index (κ1) is 22.9. The van der Waals surface area contributed by atoms with Crippen molar-refractivity contribution >= 4 is 62.4 Å². The Labute approximate surface area is 198 Å². The first-order valence-corrected chi connectivity index (χ1v) is 11.2. The van der Waals surface area contributed by atoms with Crippen molar-refractivity contribution in [1.82, 2.24) is 19.8 Å². The lowest BCUT2D eigenvalue weighted by molar-refractivity contribution is -0.157. The number of aromatic nitrogens is 2. The molecule has 4 rings (SSSR count). The number of hydrogen-bond donors (Lipinski definition) is 2. The summed E-state index contributed by atoms with van der Waals surface area (Å²) in [7, 11) is 1.44. The van der Waals surface area contributed by atoms with Crippen molar-refractivity contribution in [3.05, 3.63) is 46.6 Å². The van der Waals surface area contributed by atoms with E-state index in [0.717, 1.165) is 22.3 Å². The lowest BCUT2D eigenvalue weighted by Gasteiger charge is -2.40. The molecule has 1 aliphatic rings. The average molecular weight is 489 g/mol.